The maximum atomic E-state index is 5.41. The van der Waals surface area contributed by atoms with Gasteiger partial charge >= 0.3 is 0 Å². The molecule has 0 unspecified atom stereocenters. The van der Waals surface area contributed by atoms with Gasteiger partial charge in [-0.25, -0.2) is 4.98 Å². The largest absolute Gasteiger partial charge is 0.497 e. The molecule has 2 N–H and O–H groups in total. The van der Waals surface area contributed by atoms with E-state index in [1.165, 1.54) is 32.1 Å². The van der Waals surface area contributed by atoms with E-state index >= 15 is 0 Å². The highest BCUT2D eigenvalue weighted by molar-refractivity contribution is 5.65. The van der Waals surface area contributed by atoms with Crippen molar-refractivity contribution in [2.75, 3.05) is 24.9 Å². The first-order valence-corrected chi connectivity index (χ1v) is 8.79. The topological polar surface area (TPSA) is 68.3 Å². The first-order chi connectivity index (χ1) is 12.2. The van der Waals surface area contributed by atoms with E-state index in [4.69, 9.17) is 9.47 Å². The Balaban J connectivity index is 1.80. The van der Waals surface area contributed by atoms with Gasteiger partial charge in [0.1, 0.15) is 17.3 Å². The Bertz CT molecular complexity index is 715. The number of nitrogens with one attached hydrogen (secondary N) is 2. The van der Waals surface area contributed by atoms with E-state index in [2.05, 4.69) is 20.6 Å². The van der Waals surface area contributed by atoms with Crippen LogP contribution in [0, 0.1) is 6.92 Å². The molecule has 25 heavy (non-hydrogen) atoms. The van der Waals surface area contributed by atoms with Gasteiger partial charge in [-0.05, 0) is 31.9 Å². The van der Waals surface area contributed by atoms with Crippen molar-refractivity contribution in [2.45, 2.75) is 45.1 Å². The maximum absolute atomic E-state index is 5.41. The molecule has 1 saturated carbocycles. The number of hydrogen-bond donors (Lipinski definition) is 2. The lowest BCUT2D eigenvalue weighted by atomic mass is 9.95. The van der Waals surface area contributed by atoms with Crippen molar-refractivity contribution >= 4 is 17.5 Å². The predicted molar refractivity (Wildman–Crippen MR) is 100 cm³/mol. The van der Waals surface area contributed by atoms with E-state index < -0.39 is 0 Å². The van der Waals surface area contributed by atoms with Gasteiger partial charge in [0.15, 0.2) is 0 Å². The van der Waals surface area contributed by atoms with Gasteiger partial charge in [0.05, 0.1) is 19.9 Å². The molecule has 6 heteroatoms. The van der Waals surface area contributed by atoms with Crippen molar-refractivity contribution < 1.29 is 9.47 Å². The summed E-state index contributed by atoms with van der Waals surface area (Å²) < 4.78 is 10.7. The molecule has 1 aromatic heterocycles. The molecule has 0 bridgehead atoms. The van der Waals surface area contributed by atoms with Crippen molar-refractivity contribution in [2.24, 2.45) is 0 Å². The normalized spacial score (nSPS) is 14.8. The summed E-state index contributed by atoms with van der Waals surface area (Å²) in [6.07, 6.45) is 6.32. The zero-order valence-electron chi connectivity index (χ0n) is 15.1. The van der Waals surface area contributed by atoms with Gasteiger partial charge in [0, 0.05) is 23.9 Å². The third kappa shape index (κ3) is 4.53. The van der Waals surface area contributed by atoms with Crippen LogP contribution in [-0.4, -0.2) is 30.2 Å². The van der Waals surface area contributed by atoms with Gasteiger partial charge in [-0.2, -0.15) is 4.98 Å². The van der Waals surface area contributed by atoms with Crippen molar-refractivity contribution in [1.29, 1.82) is 0 Å². The number of anilines is 3. The Morgan fingerprint density at radius 3 is 2.52 bits per heavy atom. The van der Waals surface area contributed by atoms with Gasteiger partial charge in [0.25, 0.3) is 0 Å². The second kappa shape index (κ2) is 8.05. The quantitative estimate of drug-likeness (QED) is 0.816. The van der Waals surface area contributed by atoms with Crippen LogP contribution in [0.1, 0.15) is 37.8 Å². The van der Waals surface area contributed by atoms with E-state index in [0.717, 1.165) is 22.9 Å². The molecule has 6 nitrogen and oxygen atoms in total. The number of rotatable bonds is 6. The smallest absolute Gasteiger partial charge is 0.229 e. The molecule has 1 heterocycles. The number of nitrogens with zero attached hydrogens (tertiary/aromatic N) is 2. The number of benzene rings is 1. The highest BCUT2D eigenvalue weighted by Gasteiger charge is 2.15. The maximum Gasteiger partial charge on any atom is 0.229 e. The molecule has 0 radical (unpaired) electrons. The molecule has 0 amide bonds. The summed E-state index contributed by atoms with van der Waals surface area (Å²) in [6, 6.07) is 8.08. The molecule has 0 saturated heterocycles. The summed E-state index contributed by atoms with van der Waals surface area (Å²) >= 11 is 0. The molecule has 1 fully saturated rings. The summed E-state index contributed by atoms with van der Waals surface area (Å²) in [5.74, 6) is 2.87. The Morgan fingerprint density at radius 1 is 1.00 bits per heavy atom. The average Bonchev–Trinajstić information content (AvgIpc) is 2.62. The molecule has 1 aliphatic carbocycles. The van der Waals surface area contributed by atoms with Crippen molar-refractivity contribution in [1.82, 2.24) is 9.97 Å². The Hall–Kier alpha value is -2.50. The summed E-state index contributed by atoms with van der Waals surface area (Å²) in [5, 5.41) is 6.80. The summed E-state index contributed by atoms with van der Waals surface area (Å²) in [4.78, 5) is 9.12. The highest BCUT2D eigenvalue weighted by Crippen LogP contribution is 2.31. The first kappa shape index (κ1) is 17.3. The van der Waals surface area contributed by atoms with E-state index in [0.29, 0.717) is 17.7 Å². The third-order valence-corrected chi connectivity index (χ3v) is 4.46. The number of aryl methyl sites for hydroxylation is 1. The molecule has 0 aliphatic heterocycles. The van der Waals surface area contributed by atoms with Gasteiger partial charge in [0.2, 0.25) is 5.95 Å². The van der Waals surface area contributed by atoms with Gasteiger partial charge in [-0.15, -0.1) is 0 Å². The highest BCUT2D eigenvalue weighted by atomic mass is 16.5. The van der Waals surface area contributed by atoms with E-state index in [9.17, 15) is 0 Å². The lowest BCUT2D eigenvalue weighted by Gasteiger charge is -2.23. The molecule has 1 aromatic carbocycles. The molecule has 134 valence electrons. The zero-order chi connectivity index (χ0) is 17.6. The Labute approximate surface area is 149 Å². The van der Waals surface area contributed by atoms with Crippen LogP contribution in [0.4, 0.5) is 17.5 Å². The fourth-order valence-corrected chi connectivity index (χ4v) is 3.19. The van der Waals surface area contributed by atoms with Crippen LogP contribution in [0.3, 0.4) is 0 Å². The SMILES string of the molecule is COc1ccc(OC)c(Nc2nc(C)cc(NC3CCCCC3)n2)c1. The predicted octanol–water partition coefficient (Wildman–Crippen LogP) is 4.29. The van der Waals surface area contributed by atoms with Gasteiger partial charge in [-0.3, -0.25) is 0 Å². The first-order valence-electron chi connectivity index (χ1n) is 8.79. The number of ether oxygens (including phenoxy) is 2. The minimum Gasteiger partial charge on any atom is -0.497 e. The van der Waals surface area contributed by atoms with Crippen molar-refractivity contribution in [3.63, 3.8) is 0 Å². The minimum absolute atomic E-state index is 0.502. The van der Waals surface area contributed by atoms with Crippen LogP contribution >= 0.6 is 0 Å². The third-order valence-electron chi connectivity index (χ3n) is 4.46. The average molecular weight is 342 g/mol. The summed E-state index contributed by atoms with van der Waals surface area (Å²) in [6.45, 7) is 1.97. The lowest BCUT2D eigenvalue weighted by Crippen LogP contribution is -2.23. The second-order valence-corrected chi connectivity index (χ2v) is 6.39. The summed E-state index contributed by atoms with van der Waals surface area (Å²) in [7, 11) is 3.28. The van der Waals surface area contributed by atoms with Crippen LogP contribution in [0.2, 0.25) is 0 Å². The summed E-state index contributed by atoms with van der Waals surface area (Å²) in [5.41, 5.74) is 1.69. The number of hydrogen-bond acceptors (Lipinski definition) is 6. The van der Waals surface area contributed by atoms with Crippen LogP contribution < -0.4 is 20.1 Å². The monoisotopic (exact) mass is 342 g/mol. The fourth-order valence-electron chi connectivity index (χ4n) is 3.19. The van der Waals surface area contributed by atoms with Crippen molar-refractivity contribution in [3.05, 3.63) is 30.0 Å². The van der Waals surface area contributed by atoms with E-state index in [1.807, 2.05) is 31.2 Å². The molecule has 1 aliphatic rings. The zero-order valence-corrected chi connectivity index (χ0v) is 15.1. The van der Waals surface area contributed by atoms with Crippen LogP contribution in [0.5, 0.6) is 11.5 Å². The van der Waals surface area contributed by atoms with Crippen LogP contribution in [0.25, 0.3) is 0 Å². The van der Waals surface area contributed by atoms with E-state index in [1.54, 1.807) is 14.2 Å². The Kier molecular flexibility index (Phi) is 5.58. The van der Waals surface area contributed by atoms with Crippen LogP contribution in [0.15, 0.2) is 24.3 Å². The molecule has 0 atom stereocenters. The number of methoxy groups -OCH3 is 2. The Morgan fingerprint density at radius 2 is 1.80 bits per heavy atom. The van der Waals surface area contributed by atoms with Gasteiger partial charge < -0.3 is 20.1 Å². The van der Waals surface area contributed by atoms with E-state index in [-0.39, 0.29) is 0 Å². The fraction of sp³-hybridized carbons (Fsp3) is 0.474. The molecular weight excluding hydrogens is 316 g/mol. The van der Waals surface area contributed by atoms with Crippen LogP contribution in [-0.2, 0) is 0 Å². The lowest BCUT2D eigenvalue weighted by molar-refractivity contribution is 0.405. The van der Waals surface area contributed by atoms with Crippen molar-refractivity contribution in [3.8, 4) is 11.5 Å². The molecular formula is C19H26N4O2. The molecule has 2 aromatic rings. The molecule has 3 rings (SSSR count). The number of aromatic nitrogens is 2. The minimum atomic E-state index is 0.502. The van der Waals surface area contributed by atoms with Gasteiger partial charge in [-0.1, -0.05) is 19.3 Å². The molecule has 0 spiro atoms. The second-order valence-electron chi connectivity index (χ2n) is 6.39. The standard InChI is InChI=1S/C19H26N4O2/c1-13-11-18(21-14-7-5-4-6-8-14)23-19(20-13)22-16-12-15(24-2)9-10-17(16)25-3/h9-12,14H,4-8H2,1-3H3,(H2,20,21,22,23).